The molecule has 2 aromatic heterocycles. The molecule has 0 aliphatic carbocycles. The second-order valence-corrected chi connectivity index (χ2v) is 6.49. The Labute approximate surface area is 132 Å². The lowest BCUT2D eigenvalue weighted by Gasteiger charge is -2.10. The fraction of sp³-hybridized carbons (Fsp3) is 0.214. The normalized spacial score (nSPS) is 11.3. The van der Waals surface area contributed by atoms with E-state index >= 15 is 0 Å². The molecule has 0 bridgehead atoms. The maximum atomic E-state index is 13.8. The van der Waals surface area contributed by atoms with E-state index in [-0.39, 0.29) is 5.69 Å². The molecule has 110 valence electrons. The van der Waals surface area contributed by atoms with Gasteiger partial charge in [0.25, 0.3) is 0 Å². The van der Waals surface area contributed by atoms with E-state index in [4.69, 9.17) is 0 Å². The number of aromatic nitrogens is 2. The van der Waals surface area contributed by atoms with Crippen LogP contribution in [0.5, 0.6) is 0 Å². The Morgan fingerprint density at radius 3 is 2.62 bits per heavy atom. The summed E-state index contributed by atoms with van der Waals surface area (Å²) in [5, 5.41) is 4.84. The molecule has 2 heterocycles. The number of halogens is 3. The van der Waals surface area contributed by atoms with Crippen LogP contribution in [0.3, 0.4) is 0 Å². The molecular weight excluding hydrogens is 360 g/mol. The van der Waals surface area contributed by atoms with E-state index in [1.807, 2.05) is 23.6 Å². The van der Waals surface area contributed by atoms with Gasteiger partial charge in [-0.1, -0.05) is 15.9 Å². The van der Waals surface area contributed by atoms with Gasteiger partial charge in [-0.25, -0.2) is 13.8 Å². The van der Waals surface area contributed by atoms with E-state index in [0.29, 0.717) is 11.0 Å². The van der Waals surface area contributed by atoms with Gasteiger partial charge in [0.05, 0.1) is 17.9 Å². The molecule has 21 heavy (non-hydrogen) atoms. The highest BCUT2D eigenvalue weighted by Crippen LogP contribution is 2.26. The van der Waals surface area contributed by atoms with Crippen molar-refractivity contribution in [1.29, 1.82) is 0 Å². The average Bonchev–Trinajstić information content (AvgIpc) is 2.89. The first-order valence-electron chi connectivity index (χ1n) is 6.28. The van der Waals surface area contributed by atoms with Gasteiger partial charge < -0.3 is 5.32 Å². The Morgan fingerprint density at radius 2 is 1.95 bits per heavy atom. The first-order valence-corrected chi connectivity index (χ1v) is 7.95. The first kappa shape index (κ1) is 14.5. The second kappa shape index (κ2) is 5.38. The zero-order valence-corrected chi connectivity index (χ0v) is 13.8. The minimum atomic E-state index is -0.623. The number of benzene rings is 1. The third-order valence-corrected chi connectivity index (χ3v) is 4.67. The van der Waals surface area contributed by atoms with Crippen LogP contribution in [-0.2, 0) is 6.54 Å². The number of nitrogens with zero attached hydrogens (tertiary/aromatic N) is 2. The molecule has 0 aliphatic heterocycles. The molecule has 1 aromatic carbocycles. The monoisotopic (exact) mass is 371 g/mol. The van der Waals surface area contributed by atoms with Gasteiger partial charge in [0.2, 0.25) is 0 Å². The summed E-state index contributed by atoms with van der Waals surface area (Å²) in [4.78, 5) is 5.34. The van der Waals surface area contributed by atoms with Gasteiger partial charge in [-0.05, 0) is 26.0 Å². The predicted octanol–water partition coefficient (Wildman–Crippen LogP) is 4.67. The van der Waals surface area contributed by atoms with Crippen LogP contribution >= 0.6 is 27.3 Å². The van der Waals surface area contributed by atoms with Gasteiger partial charge in [-0.2, -0.15) is 0 Å². The first-order chi connectivity index (χ1) is 9.97. The highest BCUT2D eigenvalue weighted by molar-refractivity contribution is 9.10. The molecule has 0 fully saturated rings. The molecular formula is C14H12BrF2N3S. The van der Waals surface area contributed by atoms with Crippen LogP contribution in [0.25, 0.3) is 4.96 Å². The Hall–Kier alpha value is -1.47. The van der Waals surface area contributed by atoms with Crippen molar-refractivity contribution in [3.8, 4) is 0 Å². The molecule has 1 N–H and O–H groups in total. The topological polar surface area (TPSA) is 29.3 Å². The summed E-state index contributed by atoms with van der Waals surface area (Å²) >= 11 is 4.61. The Kier molecular flexibility index (Phi) is 3.71. The predicted molar refractivity (Wildman–Crippen MR) is 83.9 cm³/mol. The van der Waals surface area contributed by atoms with E-state index in [2.05, 4.69) is 26.2 Å². The van der Waals surface area contributed by atoms with E-state index in [9.17, 15) is 8.78 Å². The minimum absolute atomic E-state index is 0.125. The molecule has 0 aliphatic rings. The van der Waals surface area contributed by atoms with Crippen molar-refractivity contribution < 1.29 is 8.78 Å². The van der Waals surface area contributed by atoms with Crippen molar-refractivity contribution in [2.45, 2.75) is 20.4 Å². The quantitative estimate of drug-likeness (QED) is 0.724. The third kappa shape index (κ3) is 2.55. The van der Waals surface area contributed by atoms with Crippen LogP contribution < -0.4 is 5.32 Å². The summed E-state index contributed by atoms with van der Waals surface area (Å²) in [6.45, 7) is 4.18. The second-order valence-electron chi connectivity index (χ2n) is 4.74. The van der Waals surface area contributed by atoms with E-state index in [0.717, 1.165) is 22.0 Å². The molecule has 0 atom stereocenters. The SMILES string of the molecule is Cc1nc2scc(C)n2c1CNc1c(F)cc(Br)cc1F. The molecule has 7 heteroatoms. The number of imidazole rings is 1. The molecule has 0 saturated heterocycles. The number of nitrogens with one attached hydrogen (secondary N) is 1. The van der Waals surface area contributed by atoms with E-state index < -0.39 is 11.6 Å². The molecule has 3 rings (SSSR count). The highest BCUT2D eigenvalue weighted by Gasteiger charge is 2.15. The lowest BCUT2D eigenvalue weighted by Crippen LogP contribution is -2.07. The highest BCUT2D eigenvalue weighted by atomic mass is 79.9. The third-order valence-electron chi connectivity index (χ3n) is 3.27. The minimum Gasteiger partial charge on any atom is -0.375 e. The standard InChI is InChI=1S/C14H12BrF2N3S/c1-7-6-21-14-19-8(2)12(20(7)14)5-18-13-10(16)3-9(15)4-11(13)17/h3-4,6,18H,5H2,1-2H3. The smallest absolute Gasteiger partial charge is 0.194 e. The van der Waals surface area contributed by atoms with Gasteiger partial charge in [-0.3, -0.25) is 4.40 Å². The van der Waals surface area contributed by atoms with E-state index in [1.54, 1.807) is 11.3 Å². The van der Waals surface area contributed by atoms with Crippen molar-refractivity contribution in [2.75, 3.05) is 5.32 Å². The van der Waals surface area contributed by atoms with Crippen LogP contribution in [0.15, 0.2) is 22.0 Å². The van der Waals surface area contributed by atoms with Crippen molar-refractivity contribution in [3.63, 3.8) is 0 Å². The molecule has 0 unspecified atom stereocenters. The fourth-order valence-electron chi connectivity index (χ4n) is 2.26. The molecule has 0 spiro atoms. The van der Waals surface area contributed by atoms with Gasteiger partial charge >= 0.3 is 0 Å². The summed E-state index contributed by atoms with van der Waals surface area (Å²) in [7, 11) is 0. The Morgan fingerprint density at radius 1 is 1.29 bits per heavy atom. The van der Waals surface area contributed by atoms with E-state index in [1.165, 1.54) is 12.1 Å². The summed E-state index contributed by atoms with van der Waals surface area (Å²) in [6, 6.07) is 2.47. The van der Waals surface area contributed by atoms with Crippen molar-refractivity contribution in [1.82, 2.24) is 9.38 Å². The Bertz CT molecular complexity index is 802. The fourth-order valence-corrected chi connectivity index (χ4v) is 3.59. The van der Waals surface area contributed by atoms with Crippen molar-refractivity contribution in [3.05, 3.63) is 50.7 Å². The van der Waals surface area contributed by atoms with Crippen molar-refractivity contribution in [2.24, 2.45) is 0 Å². The molecule has 0 amide bonds. The number of rotatable bonds is 3. The van der Waals surface area contributed by atoms with Gasteiger partial charge in [0.1, 0.15) is 17.3 Å². The van der Waals surface area contributed by atoms with Crippen LogP contribution in [0, 0.1) is 25.5 Å². The number of fused-ring (bicyclic) bond motifs is 1. The number of aryl methyl sites for hydroxylation is 2. The van der Waals surface area contributed by atoms with Crippen LogP contribution in [0.1, 0.15) is 17.1 Å². The lowest BCUT2D eigenvalue weighted by atomic mass is 10.2. The molecule has 3 nitrogen and oxygen atoms in total. The maximum Gasteiger partial charge on any atom is 0.194 e. The average molecular weight is 372 g/mol. The summed E-state index contributed by atoms with van der Waals surface area (Å²) in [6.07, 6.45) is 0. The molecule has 0 saturated carbocycles. The van der Waals surface area contributed by atoms with Crippen LogP contribution in [0.4, 0.5) is 14.5 Å². The lowest BCUT2D eigenvalue weighted by molar-refractivity contribution is 0.586. The Balaban J connectivity index is 1.94. The zero-order chi connectivity index (χ0) is 15.1. The summed E-state index contributed by atoms with van der Waals surface area (Å²) in [5.41, 5.74) is 2.70. The van der Waals surface area contributed by atoms with Crippen molar-refractivity contribution >= 4 is 37.9 Å². The largest absolute Gasteiger partial charge is 0.375 e. The number of hydrogen-bond donors (Lipinski definition) is 1. The molecule has 0 radical (unpaired) electrons. The number of hydrogen-bond acceptors (Lipinski definition) is 3. The number of anilines is 1. The molecule has 3 aromatic rings. The van der Waals surface area contributed by atoms with Gasteiger partial charge in [-0.15, -0.1) is 11.3 Å². The zero-order valence-electron chi connectivity index (χ0n) is 11.4. The maximum absolute atomic E-state index is 13.8. The number of thiazole rings is 1. The van der Waals surface area contributed by atoms with Crippen LogP contribution in [0.2, 0.25) is 0 Å². The van der Waals surface area contributed by atoms with Gasteiger partial charge in [0, 0.05) is 15.5 Å². The summed E-state index contributed by atoms with van der Waals surface area (Å²) < 4.78 is 30.0. The summed E-state index contributed by atoms with van der Waals surface area (Å²) in [5.74, 6) is -1.25. The van der Waals surface area contributed by atoms with Gasteiger partial charge in [0.15, 0.2) is 4.96 Å². The van der Waals surface area contributed by atoms with Crippen LogP contribution in [-0.4, -0.2) is 9.38 Å².